The van der Waals surface area contributed by atoms with Crippen molar-refractivity contribution >= 4 is 69.0 Å². The quantitative estimate of drug-likeness (QED) is 0.356. The number of para-hydroxylation sites is 1. The number of amides is 3. The fraction of sp³-hybridized carbons (Fsp3) is 0.296. The van der Waals surface area contributed by atoms with Crippen LogP contribution in [0.2, 0.25) is 10.0 Å². The van der Waals surface area contributed by atoms with E-state index in [-0.39, 0.29) is 12.5 Å². The van der Waals surface area contributed by atoms with Crippen LogP contribution in [0.5, 0.6) is 0 Å². The average molecular weight is 542 g/mol. The third-order valence-electron chi connectivity index (χ3n) is 6.80. The van der Waals surface area contributed by atoms with Crippen LogP contribution >= 0.6 is 35.0 Å². The molecule has 1 aromatic heterocycles. The van der Waals surface area contributed by atoms with Gasteiger partial charge in [0.2, 0.25) is 5.91 Å². The van der Waals surface area contributed by atoms with Crippen LogP contribution in [0.25, 0.3) is 17.0 Å². The van der Waals surface area contributed by atoms with E-state index in [1.807, 2.05) is 35.0 Å². The van der Waals surface area contributed by atoms with E-state index < -0.39 is 11.1 Å². The molecule has 2 aromatic carbocycles. The second-order valence-corrected chi connectivity index (χ2v) is 11.1. The molecule has 3 heterocycles. The minimum Gasteiger partial charge on any atom is -0.342 e. The van der Waals surface area contributed by atoms with Gasteiger partial charge in [0.25, 0.3) is 11.1 Å². The second kappa shape index (κ2) is 10.3. The predicted molar refractivity (Wildman–Crippen MR) is 145 cm³/mol. The van der Waals surface area contributed by atoms with E-state index in [1.165, 1.54) is 0 Å². The standard InChI is InChI=1S/C27H25Cl2N3O3S/c1-17-9-11-30(12-10-17)25(33)16-32-26(34)24(36-27(32)35)13-18-14-31(23-8-3-2-5-19(18)23)15-20-21(28)6-4-7-22(20)29/h2-8,13-14,17H,9-12,15-16H2,1H3/b24-13-. The van der Waals surface area contributed by atoms with Crippen molar-refractivity contribution in [3.05, 3.63) is 74.7 Å². The Morgan fingerprint density at radius 2 is 1.75 bits per heavy atom. The van der Waals surface area contributed by atoms with Crippen LogP contribution in [0.3, 0.4) is 0 Å². The number of benzene rings is 2. The van der Waals surface area contributed by atoms with Crippen molar-refractivity contribution in [1.82, 2.24) is 14.4 Å². The maximum absolute atomic E-state index is 13.1. The van der Waals surface area contributed by atoms with Crippen molar-refractivity contribution in [2.24, 2.45) is 5.92 Å². The van der Waals surface area contributed by atoms with Gasteiger partial charge in [0.15, 0.2) is 0 Å². The molecule has 2 fully saturated rings. The lowest BCUT2D eigenvalue weighted by molar-refractivity contribution is -0.136. The van der Waals surface area contributed by atoms with E-state index in [9.17, 15) is 14.4 Å². The Balaban J connectivity index is 1.40. The molecule has 2 aliphatic rings. The Bertz CT molecular complexity index is 1370. The Morgan fingerprint density at radius 1 is 1.06 bits per heavy atom. The summed E-state index contributed by atoms with van der Waals surface area (Å²) in [5, 5.41) is 1.68. The summed E-state index contributed by atoms with van der Waals surface area (Å²) < 4.78 is 2.03. The summed E-state index contributed by atoms with van der Waals surface area (Å²) in [6, 6.07) is 13.2. The number of rotatable bonds is 5. The van der Waals surface area contributed by atoms with Gasteiger partial charge in [-0.1, -0.05) is 54.4 Å². The van der Waals surface area contributed by atoms with Gasteiger partial charge in [0.05, 0.1) is 11.4 Å². The number of hydrogen-bond donors (Lipinski definition) is 0. The number of piperidine rings is 1. The van der Waals surface area contributed by atoms with Gasteiger partial charge in [-0.15, -0.1) is 0 Å². The first-order valence-electron chi connectivity index (χ1n) is 11.9. The highest BCUT2D eigenvalue weighted by molar-refractivity contribution is 8.18. The summed E-state index contributed by atoms with van der Waals surface area (Å²) in [5.74, 6) is -0.0290. The molecule has 36 heavy (non-hydrogen) atoms. The minimum absolute atomic E-state index is 0.182. The van der Waals surface area contributed by atoms with Crippen LogP contribution in [-0.4, -0.2) is 51.1 Å². The van der Waals surface area contributed by atoms with Crippen LogP contribution < -0.4 is 0 Å². The number of aromatic nitrogens is 1. The molecule has 5 rings (SSSR count). The molecule has 0 atom stereocenters. The number of thioether (sulfide) groups is 1. The first kappa shape index (κ1) is 24.9. The first-order valence-corrected chi connectivity index (χ1v) is 13.4. The van der Waals surface area contributed by atoms with Crippen molar-refractivity contribution in [2.75, 3.05) is 19.6 Å². The maximum atomic E-state index is 13.1. The summed E-state index contributed by atoms with van der Waals surface area (Å²) in [6.45, 7) is 3.74. The van der Waals surface area contributed by atoms with Gasteiger partial charge in [-0.25, -0.2) is 0 Å². The zero-order chi connectivity index (χ0) is 25.4. The van der Waals surface area contributed by atoms with Crippen LogP contribution in [0.15, 0.2) is 53.6 Å². The predicted octanol–water partition coefficient (Wildman–Crippen LogP) is 6.29. The van der Waals surface area contributed by atoms with Gasteiger partial charge >= 0.3 is 0 Å². The van der Waals surface area contributed by atoms with Gasteiger partial charge in [0, 0.05) is 51.4 Å². The van der Waals surface area contributed by atoms with E-state index in [4.69, 9.17) is 23.2 Å². The molecule has 186 valence electrons. The molecule has 2 aliphatic heterocycles. The van der Waals surface area contributed by atoms with Crippen LogP contribution in [0.1, 0.15) is 30.9 Å². The molecular formula is C27H25Cl2N3O3S. The summed E-state index contributed by atoms with van der Waals surface area (Å²) >= 11 is 13.7. The fourth-order valence-corrected chi connectivity index (χ4v) is 5.99. The van der Waals surface area contributed by atoms with Crippen molar-refractivity contribution in [3.8, 4) is 0 Å². The SMILES string of the molecule is CC1CCN(C(=O)CN2C(=O)S/C(=C\c3cn(Cc4c(Cl)cccc4Cl)c4ccccc34)C2=O)CC1. The molecule has 0 spiro atoms. The average Bonchev–Trinajstić information content (AvgIpc) is 3.34. The Kier molecular flexibility index (Phi) is 7.15. The summed E-state index contributed by atoms with van der Waals surface area (Å²) in [6.07, 6.45) is 5.54. The zero-order valence-corrected chi connectivity index (χ0v) is 22.1. The number of nitrogens with zero attached hydrogens (tertiary/aromatic N) is 3. The molecule has 0 radical (unpaired) electrons. The number of fused-ring (bicyclic) bond motifs is 1. The molecular weight excluding hydrogens is 517 g/mol. The van der Waals surface area contributed by atoms with E-state index >= 15 is 0 Å². The molecule has 9 heteroatoms. The summed E-state index contributed by atoms with van der Waals surface area (Å²) in [7, 11) is 0. The minimum atomic E-state index is -0.435. The van der Waals surface area contributed by atoms with Crippen molar-refractivity contribution < 1.29 is 14.4 Å². The monoisotopic (exact) mass is 541 g/mol. The highest BCUT2D eigenvalue weighted by Crippen LogP contribution is 2.35. The molecule has 3 amide bonds. The number of carbonyl (C=O) groups is 3. The highest BCUT2D eigenvalue weighted by atomic mass is 35.5. The lowest BCUT2D eigenvalue weighted by atomic mass is 9.99. The third-order valence-corrected chi connectivity index (χ3v) is 8.42. The largest absolute Gasteiger partial charge is 0.342 e. The van der Waals surface area contributed by atoms with Gasteiger partial charge in [-0.3, -0.25) is 19.3 Å². The number of imide groups is 1. The van der Waals surface area contributed by atoms with Crippen LogP contribution in [0, 0.1) is 5.92 Å². The van der Waals surface area contributed by atoms with Crippen LogP contribution in [0.4, 0.5) is 4.79 Å². The van der Waals surface area contributed by atoms with Crippen molar-refractivity contribution in [2.45, 2.75) is 26.3 Å². The van der Waals surface area contributed by atoms with Gasteiger partial charge in [-0.05, 0) is 54.8 Å². The summed E-state index contributed by atoms with van der Waals surface area (Å²) in [4.78, 5) is 41.6. The Labute approximate surface area is 223 Å². The smallest absolute Gasteiger partial charge is 0.294 e. The first-order chi connectivity index (χ1) is 17.3. The number of carbonyl (C=O) groups excluding carboxylic acids is 3. The molecule has 0 unspecified atom stereocenters. The topological polar surface area (TPSA) is 62.6 Å². The Hall–Kier alpha value is -2.74. The number of hydrogen-bond acceptors (Lipinski definition) is 4. The Morgan fingerprint density at radius 3 is 2.47 bits per heavy atom. The van der Waals surface area contributed by atoms with Crippen LogP contribution in [-0.2, 0) is 16.1 Å². The van der Waals surface area contributed by atoms with E-state index in [2.05, 4.69) is 6.92 Å². The lowest BCUT2D eigenvalue weighted by Gasteiger charge is -2.31. The van der Waals surface area contributed by atoms with Crippen molar-refractivity contribution in [3.63, 3.8) is 0 Å². The maximum Gasteiger partial charge on any atom is 0.294 e. The lowest BCUT2D eigenvalue weighted by Crippen LogP contribution is -2.45. The normalized spacial score (nSPS) is 18.1. The fourth-order valence-electron chi connectivity index (χ4n) is 4.65. The van der Waals surface area contributed by atoms with Gasteiger partial charge in [-0.2, -0.15) is 0 Å². The molecule has 0 N–H and O–H groups in total. The number of likely N-dealkylation sites (tertiary alicyclic amines) is 1. The molecule has 0 aliphatic carbocycles. The van der Waals surface area contributed by atoms with E-state index in [1.54, 1.807) is 29.2 Å². The molecule has 0 saturated carbocycles. The molecule has 6 nitrogen and oxygen atoms in total. The summed E-state index contributed by atoms with van der Waals surface area (Å²) in [5.41, 5.74) is 2.56. The zero-order valence-electron chi connectivity index (χ0n) is 19.7. The second-order valence-electron chi connectivity index (χ2n) is 9.26. The van der Waals surface area contributed by atoms with Gasteiger partial charge < -0.3 is 9.47 Å². The van der Waals surface area contributed by atoms with Crippen molar-refractivity contribution in [1.29, 1.82) is 0 Å². The number of halogens is 2. The van der Waals surface area contributed by atoms with E-state index in [0.717, 1.165) is 51.5 Å². The third kappa shape index (κ3) is 4.92. The highest BCUT2D eigenvalue weighted by Gasteiger charge is 2.37. The molecule has 0 bridgehead atoms. The molecule has 2 saturated heterocycles. The van der Waals surface area contributed by atoms with Gasteiger partial charge in [0.1, 0.15) is 6.54 Å². The molecule has 3 aromatic rings. The van der Waals surface area contributed by atoms with E-state index in [0.29, 0.717) is 40.5 Å².